The average Bonchev–Trinajstić information content (AvgIpc) is 2.73. The molecule has 0 heterocycles. The summed E-state index contributed by atoms with van der Waals surface area (Å²) in [4.78, 5) is 10.9. The van der Waals surface area contributed by atoms with Crippen LogP contribution in [0.3, 0.4) is 0 Å². The van der Waals surface area contributed by atoms with Gasteiger partial charge in [-0.15, -0.1) is 0 Å². The van der Waals surface area contributed by atoms with Crippen molar-refractivity contribution in [2.75, 3.05) is 0 Å². The van der Waals surface area contributed by atoms with E-state index in [1.807, 2.05) is 72.8 Å². The summed E-state index contributed by atoms with van der Waals surface area (Å²) in [5.74, 6) is 1.66. The van der Waals surface area contributed by atoms with Gasteiger partial charge in [0.1, 0.15) is 31.3 Å². The number of nitrogens with zero attached hydrogens (tertiary/aromatic N) is 1. The highest BCUT2D eigenvalue weighted by Gasteiger charge is 2.15. The van der Waals surface area contributed by atoms with E-state index in [0.717, 1.165) is 28.0 Å². The maximum absolute atomic E-state index is 10.9. The van der Waals surface area contributed by atoms with Crippen LogP contribution in [0, 0.1) is 4.91 Å². The summed E-state index contributed by atoms with van der Waals surface area (Å²) < 4.78 is 12.1. The first kappa shape index (κ1) is 19.6. The molecule has 0 unspecified atom stereocenters. The van der Waals surface area contributed by atoms with E-state index in [2.05, 4.69) is 19.0 Å². The van der Waals surface area contributed by atoms with Gasteiger partial charge in [0.15, 0.2) is 0 Å². The number of benzene rings is 3. The van der Waals surface area contributed by atoms with Gasteiger partial charge in [0, 0.05) is 11.6 Å². The van der Waals surface area contributed by atoms with Crippen LogP contribution < -0.4 is 9.47 Å². The molecule has 3 aromatic rings. The number of hydrogen-bond acceptors (Lipinski definition) is 4. The van der Waals surface area contributed by atoms with Crippen LogP contribution in [0.25, 0.3) is 0 Å². The van der Waals surface area contributed by atoms with Crippen LogP contribution >= 0.6 is 0 Å². The van der Waals surface area contributed by atoms with Gasteiger partial charge in [0.2, 0.25) is 0 Å². The number of rotatable bonds is 9. The Hall–Kier alpha value is -3.14. The number of nitroso groups, excluding NO2 is 1. The Morgan fingerprint density at radius 1 is 0.786 bits per heavy atom. The van der Waals surface area contributed by atoms with Crippen molar-refractivity contribution in [1.82, 2.24) is 0 Å². The van der Waals surface area contributed by atoms with E-state index < -0.39 is 0 Å². The molecule has 3 rings (SSSR count). The summed E-state index contributed by atoms with van der Waals surface area (Å²) in [6, 6.07) is 23.8. The summed E-state index contributed by atoms with van der Waals surface area (Å²) in [5.41, 5.74) is 3.98. The molecule has 0 aromatic heterocycles. The average molecular weight is 375 g/mol. The van der Waals surface area contributed by atoms with Crippen molar-refractivity contribution in [3.63, 3.8) is 0 Å². The van der Waals surface area contributed by atoms with Gasteiger partial charge in [0.25, 0.3) is 0 Å². The molecule has 0 aliphatic carbocycles. The minimum absolute atomic E-state index is 0.0722. The molecule has 0 bridgehead atoms. The van der Waals surface area contributed by atoms with E-state index in [1.165, 1.54) is 0 Å². The molecular formula is C24H25NO3. The summed E-state index contributed by atoms with van der Waals surface area (Å²) in [7, 11) is 0. The zero-order valence-corrected chi connectivity index (χ0v) is 16.3. The van der Waals surface area contributed by atoms with Gasteiger partial charge in [-0.1, -0.05) is 79.7 Å². The van der Waals surface area contributed by atoms with Crippen molar-refractivity contribution in [2.24, 2.45) is 5.18 Å². The molecule has 0 saturated carbocycles. The SMILES string of the molecule is CC(C)c1cc(CN=O)c(OCc2ccccc2)cc1OCc1ccccc1. The van der Waals surface area contributed by atoms with Crippen LogP contribution in [0.15, 0.2) is 78.0 Å². The summed E-state index contributed by atoms with van der Waals surface area (Å²) >= 11 is 0. The lowest BCUT2D eigenvalue weighted by molar-refractivity contribution is 0.285. The Labute approximate surface area is 166 Å². The smallest absolute Gasteiger partial charge is 0.128 e. The predicted molar refractivity (Wildman–Crippen MR) is 112 cm³/mol. The second-order valence-corrected chi connectivity index (χ2v) is 6.99. The van der Waals surface area contributed by atoms with E-state index in [0.29, 0.717) is 19.0 Å². The zero-order valence-electron chi connectivity index (χ0n) is 16.3. The highest BCUT2D eigenvalue weighted by atomic mass is 16.5. The molecule has 0 atom stereocenters. The Morgan fingerprint density at radius 2 is 1.32 bits per heavy atom. The van der Waals surface area contributed by atoms with Crippen LogP contribution in [0.1, 0.15) is 42.0 Å². The fourth-order valence-electron chi connectivity index (χ4n) is 3.00. The molecule has 0 spiro atoms. The maximum atomic E-state index is 10.9. The third-order valence-electron chi connectivity index (χ3n) is 4.52. The van der Waals surface area contributed by atoms with E-state index in [1.54, 1.807) is 0 Å². The van der Waals surface area contributed by atoms with Crippen LogP contribution in [-0.2, 0) is 19.8 Å². The molecule has 0 amide bonds. The predicted octanol–water partition coefficient (Wildman–Crippen LogP) is 6.23. The zero-order chi connectivity index (χ0) is 19.8. The van der Waals surface area contributed by atoms with Gasteiger partial charge in [-0.3, -0.25) is 0 Å². The van der Waals surface area contributed by atoms with Crippen LogP contribution in [0.5, 0.6) is 11.5 Å². The van der Waals surface area contributed by atoms with Crippen molar-refractivity contribution >= 4 is 0 Å². The normalized spacial score (nSPS) is 10.7. The highest BCUT2D eigenvalue weighted by Crippen LogP contribution is 2.35. The van der Waals surface area contributed by atoms with Gasteiger partial charge < -0.3 is 9.47 Å². The maximum Gasteiger partial charge on any atom is 0.128 e. The summed E-state index contributed by atoms with van der Waals surface area (Å²) in [6.07, 6.45) is 0. The topological polar surface area (TPSA) is 47.9 Å². The fraction of sp³-hybridized carbons (Fsp3) is 0.250. The first-order valence-corrected chi connectivity index (χ1v) is 9.46. The first-order valence-electron chi connectivity index (χ1n) is 9.46. The molecule has 3 aromatic carbocycles. The Balaban J connectivity index is 1.86. The number of hydrogen-bond donors (Lipinski definition) is 0. The lowest BCUT2D eigenvalue weighted by Crippen LogP contribution is -2.04. The molecule has 0 saturated heterocycles. The van der Waals surface area contributed by atoms with Crippen molar-refractivity contribution in [3.05, 3.63) is 100.0 Å². The van der Waals surface area contributed by atoms with Crippen LogP contribution in [0.2, 0.25) is 0 Å². The van der Waals surface area contributed by atoms with Gasteiger partial charge >= 0.3 is 0 Å². The third kappa shape index (κ3) is 5.19. The molecular weight excluding hydrogens is 350 g/mol. The van der Waals surface area contributed by atoms with Gasteiger partial charge in [-0.2, -0.15) is 4.91 Å². The number of ether oxygens (including phenoxy) is 2. The van der Waals surface area contributed by atoms with Gasteiger partial charge in [0.05, 0.1) is 0 Å². The molecule has 0 aliphatic rings. The summed E-state index contributed by atoms with van der Waals surface area (Å²) in [5, 5.41) is 3.07. The van der Waals surface area contributed by atoms with Crippen molar-refractivity contribution in [1.29, 1.82) is 0 Å². The second-order valence-electron chi connectivity index (χ2n) is 6.99. The first-order chi connectivity index (χ1) is 13.7. The molecule has 0 aliphatic heterocycles. The Bertz CT molecular complexity index is 892. The molecule has 4 heteroatoms. The van der Waals surface area contributed by atoms with E-state index in [-0.39, 0.29) is 12.5 Å². The van der Waals surface area contributed by atoms with Gasteiger partial charge in [-0.25, -0.2) is 0 Å². The largest absolute Gasteiger partial charge is 0.488 e. The molecule has 0 radical (unpaired) electrons. The molecule has 28 heavy (non-hydrogen) atoms. The Morgan fingerprint density at radius 3 is 1.82 bits per heavy atom. The molecule has 0 fully saturated rings. The third-order valence-corrected chi connectivity index (χ3v) is 4.52. The van der Waals surface area contributed by atoms with E-state index in [9.17, 15) is 4.91 Å². The van der Waals surface area contributed by atoms with Crippen LogP contribution in [-0.4, -0.2) is 0 Å². The van der Waals surface area contributed by atoms with Gasteiger partial charge in [-0.05, 0) is 28.7 Å². The second kappa shape index (κ2) is 9.70. The quantitative estimate of drug-likeness (QED) is 0.416. The Kier molecular flexibility index (Phi) is 6.79. The lowest BCUT2D eigenvalue weighted by Gasteiger charge is -2.19. The monoisotopic (exact) mass is 375 g/mol. The fourth-order valence-corrected chi connectivity index (χ4v) is 3.00. The molecule has 0 N–H and O–H groups in total. The van der Waals surface area contributed by atoms with Crippen LogP contribution in [0.4, 0.5) is 0 Å². The van der Waals surface area contributed by atoms with E-state index in [4.69, 9.17) is 9.47 Å². The minimum atomic E-state index is 0.0722. The van der Waals surface area contributed by atoms with E-state index >= 15 is 0 Å². The molecule has 144 valence electrons. The minimum Gasteiger partial charge on any atom is -0.488 e. The van der Waals surface area contributed by atoms with Crippen molar-refractivity contribution in [2.45, 2.75) is 39.5 Å². The lowest BCUT2D eigenvalue weighted by atomic mass is 9.98. The van der Waals surface area contributed by atoms with Crippen molar-refractivity contribution in [3.8, 4) is 11.5 Å². The standard InChI is InChI=1S/C24H25NO3/c1-18(2)22-13-21(15-25-26)23(27-16-19-9-5-3-6-10-19)14-24(22)28-17-20-11-7-4-8-12-20/h3-14,18H,15-17H2,1-2H3. The molecule has 4 nitrogen and oxygen atoms in total. The summed E-state index contributed by atoms with van der Waals surface area (Å²) in [6.45, 7) is 5.18. The highest BCUT2D eigenvalue weighted by molar-refractivity contribution is 5.48. The van der Waals surface area contributed by atoms with Crippen molar-refractivity contribution < 1.29 is 9.47 Å².